The Labute approximate surface area is 118 Å². The van der Waals surface area contributed by atoms with Gasteiger partial charge in [0, 0.05) is 26.2 Å². The molecule has 0 radical (unpaired) electrons. The molecule has 2 N–H and O–H groups in total. The third-order valence-electron chi connectivity index (χ3n) is 3.36. The minimum absolute atomic E-state index is 0.0298. The molecule has 0 saturated carbocycles. The fourth-order valence-corrected chi connectivity index (χ4v) is 2.30. The number of nitrogens with zero attached hydrogens (tertiary/aromatic N) is 1. The number of carboxylic acid groups (broad SMARTS) is 1. The molecule has 1 aromatic rings. The van der Waals surface area contributed by atoms with Crippen LogP contribution in [0.5, 0.6) is 0 Å². The highest BCUT2D eigenvalue weighted by Crippen LogP contribution is 2.32. The maximum absolute atomic E-state index is 13.2. The van der Waals surface area contributed by atoms with Gasteiger partial charge in [-0.2, -0.15) is 13.2 Å². The highest BCUT2D eigenvalue weighted by Gasteiger charge is 2.35. The summed E-state index contributed by atoms with van der Waals surface area (Å²) >= 11 is 0. The second-order valence-electron chi connectivity index (χ2n) is 4.84. The Kier molecular flexibility index (Phi) is 4.48. The van der Waals surface area contributed by atoms with E-state index in [9.17, 15) is 22.4 Å². The molecule has 8 heteroatoms. The van der Waals surface area contributed by atoms with Crippen molar-refractivity contribution in [1.29, 1.82) is 0 Å². The first-order valence-corrected chi connectivity index (χ1v) is 6.32. The fraction of sp³-hybridized carbons (Fsp3) is 0.462. The maximum Gasteiger partial charge on any atom is 0.419 e. The predicted octanol–water partition coefficient (Wildman–Crippen LogP) is 1.70. The highest BCUT2D eigenvalue weighted by atomic mass is 19.4. The molecule has 116 valence electrons. The van der Waals surface area contributed by atoms with Crippen LogP contribution < -0.4 is 5.32 Å². The van der Waals surface area contributed by atoms with Crippen molar-refractivity contribution in [2.24, 2.45) is 0 Å². The molecule has 4 nitrogen and oxygen atoms in total. The first-order valence-electron chi connectivity index (χ1n) is 6.32. The van der Waals surface area contributed by atoms with Gasteiger partial charge in [-0.25, -0.2) is 4.39 Å². The lowest BCUT2D eigenvalue weighted by Crippen LogP contribution is -2.54. The summed E-state index contributed by atoms with van der Waals surface area (Å²) < 4.78 is 51.2. The number of hydrogen-bond donors (Lipinski definition) is 2. The predicted molar refractivity (Wildman–Crippen MR) is 66.1 cm³/mol. The lowest BCUT2D eigenvalue weighted by molar-refractivity contribution is -0.144. The van der Waals surface area contributed by atoms with Crippen LogP contribution in [0.25, 0.3) is 0 Å². The fourth-order valence-electron chi connectivity index (χ4n) is 2.30. The lowest BCUT2D eigenvalue weighted by Gasteiger charge is -2.33. The van der Waals surface area contributed by atoms with Crippen LogP contribution in [0.15, 0.2) is 18.2 Å². The van der Waals surface area contributed by atoms with E-state index in [1.165, 1.54) is 6.07 Å². The third-order valence-corrected chi connectivity index (χ3v) is 3.36. The van der Waals surface area contributed by atoms with Crippen LogP contribution in [0.2, 0.25) is 0 Å². The van der Waals surface area contributed by atoms with Crippen LogP contribution in [0, 0.1) is 5.82 Å². The summed E-state index contributed by atoms with van der Waals surface area (Å²) in [5.41, 5.74) is -1.10. The smallest absolute Gasteiger partial charge is 0.419 e. The number of carbonyl (C=O) groups is 1. The topological polar surface area (TPSA) is 52.6 Å². The first kappa shape index (κ1) is 15.7. The van der Waals surface area contributed by atoms with E-state index >= 15 is 0 Å². The van der Waals surface area contributed by atoms with Gasteiger partial charge in [0.1, 0.15) is 11.9 Å². The largest absolute Gasteiger partial charge is 0.480 e. The minimum Gasteiger partial charge on any atom is -0.480 e. The summed E-state index contributed by atoms with van der Waals surface area (Å²) in [7, 11) is 0. The second kappa shape index (κ2) is 5.98. The van der Waals surface area contributed by atoms with Crippen LogP contribution in [0.3, 0.4) is 0 Å². The zero-order valence-corrected chi connectivity index (χ0v) is 11.0. The second-order valence-corrected chi connectivity index (χ2v) is 4.84. The van der Waals surface area contributed by atoms with Crippen LogP contribution >= 0.6 is 0 Å². The van der Waals surface area contributed by atoms with E-state index in [1.807, 2.05) is 0 Å². The van der Waals surface area contributed by atoms with E-state index < -0.39 is 29.6 Å². The summed E-state index contributed by atoms with van der Waals surface area (Å²) in [4.78, 5) is 12.7. The lowest BCUT2D eigenvalue weighted by atomic mass is 10.1. The van der Waals surface area contributed by atoms with Crippen molar-refractivity contribution in [2.75, 3.05) is 19.6 Å². The van der Waals surface area contributed by atoms with Gasteiger partial charge in [-0.3, -0.25) is 9.69 Å². The Balaban J connectivity index is 2.21. The number of piperazine rings is 1. The van der Waals surface area contributed by atoms with Gasteiger partial charge in [-0.05, 0) is 17.7 Å². The standard InChI is InChI=1S/C13H14F4N2O2/c14-10-2-1-8(5-9(10)13(15,16)17)7-19-4-3-18-6-11(19)12(20)21/h1-2,5,11,18H,3-4,6-7H2,(H,20,21). The third kappa shape index (κ3) is 3.70. The summed E-state index contributed by atoms with van der Waals surface area (Å²) in [6.07, 6.45) is -4.77. The average molecular weight is 306 g/mol. The SMILES string of the molecule is O=C(O)C1CNCCN1Cc1ccc(F)c(C(F)(F)F)c1. The van der Waals surface area contributed by atoms with Gasteiger partial charge < -0.3 is 10.4 Å². The van der Waals surface area contributed by atoms with Crippen LogP contribution in [0.4, 0.5) is 17.6 Å². The van der Waals surface area contributed by atoms with Gasteiger partial charge in [-0.15, -0.1) is 0 Å². The molecule has 1 aliphatic rings. The molecule has 2 rings (SSSR count). The Morgan fingerprint density at radius 2 is 2.14 bits per heavy atom. The molecule has 1 aromatic carbocycles. The van der Waals surface area contributed by atoms with Gasteiger partial charge in [0.2, 0.25) is 0 Å². The van der Waals surface area contributed by atoms with Crippen molar-refractivity contribution in [3.05, 3.63) is 35.1 Å². The number of carboxylic acids is 1. The number of hydrogen-bond acceptors (Lipinski definition) is 3. The van der Waals surface area contributed by atoms with Crippen molar-refractivity contribution in [2.45, 2.75) is 18.8 Å². The maximum atomic E-state index is 13.2. The van der Waals surface area contributed by atoms with E-state index in [0.29, 0.717) is 13.1 Å². The zero-order valence-electron chi connectivity index (χ0n) is 11.0. The minimum atomic E-state index is -4.77. The molecular formula is C13H14F4N2O2. The van der Waals surface area contributed by atoms with E-state index in [4.69, 9.17) is 5.11 Å². The van der Waals surface area contributed by atoms with E-state index in [1.54, 1.807) is 4.90 Å². The summed E-state index contributed by atoms with van der Waals surface area (Å²) in [5, 5.41) is 12.0. The number of nitrogens with one attached hydrogen (secondary N) is 1. The van der Waals surface area contributed by atoms with E-state index in [-0.39, 0.29) is 18.7 Å². The van der Waals surface area contributed by atoms with Gasteiger partial charge >= 0.3 is 12.1 Å². The molecule has 0 bridgehead atoms. The molecule has 21 heavy (non-hydrogen) atoms. The number of benzene rings is 1. The molecule has 1 unspecified atom stereocenters. The van der Waals surface area contributed by atoms with E-state index in [0.717, 1.165) is 12.1 Å². The summed E-state index contributed by atoms with van der Waals surface area (Å²) in [6, 6.07) is 1.93. The molecule has 1 aliphatic heterocycles. The van der Waals surface area contributed by atoms with Crippen molar-refractivity contribution >= 4 is 5.97 Å². The quantitative estimate of drug-likeness (QED) is 0.835. The monoisotopic (exact) mass is 306 g/mol. The van der Waals surface area contributed by atoms with Crippen LogP contribution in [0.1, 0.15) is 11.1 Å². The molecule has 1 fully saturated rings. The van der Waals surface area contributed by atoms with Crippen LogP contribution in [-0.4, -0.2) is 41.7 Å². The van der Waals surface area contributed by atoms with Gasteiger partial charge in [0.15, 0.2) is 0 Å². The van der Waals surface area contributed by atoms with Crippen molar-refractivity contribution < 1.29 is 27.5 Å². The van der Waals surface area contributed by atoms with Gasteiger partial charge in [-0.1, -0.05) is 6.07 Å². The molecule has 1 atom stereocenters. The zero-order chi connectivity index (χ0) is 15.6. The number of rotatable bonds is 3. The van der Waals surface area contributed by atoms with Gasteiger partial charge in [0.05, 0.1) is 5.56 Å². The summed E-state index contributed by atoms with van der Waals surface area (Å²) in [5.74, 6) is -2.37. The van der Waals surface area contributed by atoms with Crippen LogP contribution in [-0.2, 0) is 17.5 Å². The molecule has 0 amide bonds. The number of alkyl halides is 3. The van der Waals surface area contributed by atoms with Crippen molar-refractivity contribution in [3.63, 3.8) is 0 Å². The van der Waals surface area contributed by atoms with Crippen molar-refractivity contribution in [1.82, 2.24) is 10.2 Å². The Hall–Kier alpha value is -1.67. The Morgan fingerprint density at radius 1 is 1.43 bits per heavy atom. The van der Waals surface area contributed by atoms with E-state index in [2.05, 4.69) is 5.32 Å². The number of halogens is 4. The number of aliphatic carboxylic acids is 1. The molecule has 0 spiro atoms. The molecule has 0 aliphatic carbocycles. The molecule has 1 heterocycles. The van der Waals surface area contributed by atoms with Gasteiger partial charge in [0.25, 0.3) is 0 Å². The Bertz CT molecular complexity index is 533. The molecular weight excluding hydrogens is 292 g/mol. The Morgan fingerprint density at radius 3 is 2.76 bits per heavy atom. The normalized spacial score (nSPS) is 20.5. The molecule has 0 aromatic heterocycles. The van der Waals surface area contributed by atoms with Crippen molar-refractivity contribution in [3.8, 4) is 0 Å². The average Bonchev–Trinajstić information content (AvgIpc) is 2.40. The molecule has 1 saturated heterocycles. The first-order chi connectivity index (χ1) is 9.79. The highest BCUT2D eigenvalue weighted by molar-refractivity contribution is 5.74. The summed E-state index contributed by atoms with van der Waals surface area (Å²) in [6.45, 7) is 1.21.